The maximum Gasteiger partial charge on any atom is 0.324 e. The third-order valence-corrected chi connectivity index (χ3v) is 4.70. The fourth-order valence-electron chi connectivity index (χ4n) is 3.40. The highest BCUT2D eigenvalue weighted by atomic mass is 16.2. The summed E-state index contributed by atoms with van der Waals surface area (Å²) >= 11 is 0. The lowest BCUT2D eigenvalue weighted by molar-refractivity contribution is 0.210. The van der Waals surface area contributed by atoms with Crippen LogP contribution >= 0.6 is 0 Å². The SMILES string of the molecule is CCN(CC)C(=O)N1CCc2ccc(N3CCCC3)cc21. The minimum absolute atomic E-state index is 0.150. The van der Waals surface area contributed by atoms with E-state index >= 15 is 0 Å². The molecule has 1 saturated heterocycles. The van der Waals surface area contributed by atoms with E-state index in [1.165, 1.54) is 24.1 Å². The van der Waals surface area contributed by atoms with Crippen molar-refractivity contribution in [1.29, 1.82) is 0 Å². The lowest BCUT2D eigenvalue weighted by atomic mass is 10.1. The summed E-state index contributed by atoms with van der Waals surface area (Å²) in [6.45, 7) is 8.72. The van der Waals surface area contributed by atoms with Gasteiger partial charge in [-0.3, -0.25) is 4.90 Å². The zero-order valence-corrected chi connectivity index (χ0v) is 13.1. The van der Waals surface area contributed by atoms with Crippen molar-refractivity contribution < 1.29 is 4.79 Å². The Hall–Kier alpha value is -1.71. The summed E-state index contributed by atoms with van der Waals surface area (Å²) in [5.41, 5.74) is 3.69. The molecule has 0 aromatic heterocycles. The molecule has 0 aliphatic carbocycles. The van der Waals surface area contributed by atoms with Crippen LogP contribution in [0.4, 0.5) is 16.2 Å². The number of carbonyl (C=O) groups is 1. The normalized spacial score (nSPS) is 17.2. The molecule has 2 aliphatic heterocycles. The fourth-order valence-corrected chi connectivity index (χ4v) is 3.40. The van der Waals surface area contributed by atoms with Crippen molar-refractivity contribution >= 4 is 17.4 Å². The minimum Gasteiger partial charge on any atom is -0.371 e. The summed E-state index contributed by atoms with van der Waals surface area (Å²) in [5.74, 6) is 0. The zero-order valence-electron chi connectivity index (χ0n) is 13.1. The van der Waals surface area contributed by atoms with Crippen LogP contribution in [0.2, 0.25) is 0 Å². The molecule has 2 amide bonds. The topological polar surface area (TPSA) is 26.8 Å². The molecule has 1 fully saturated rings. The Morgan fingerprint density at radius 3 is 2.52 bits per heavy atom. The maximum atomic E-state index is 12.6. The first-order chi connectivity index (χ1) is 10.2. The molecule has 0 radical (unpaired) electrons. The van der Waals surface area contributed by atoms with Gasteiger partial charge in [0.2, 0.25) is 0 Å². The highest BCUT2D eigenvalue weighted by molar-refractivity contribution is 5.95. The first-order valence-electron chi connectivity index (χ1n) is 8.19. The molecule has 1 aromatic carbocycles. The second-order valence-corrected chi connectivity index (χ2v) is 5.86. The van der Waals surface area contributed by atoms with Crippen molar-refractivity contribution in [1.82, 2.24) is 4.90 Å². The van der Waals surface area contributed by atoms with Crippen molar-refractivity contribution in [2.24, 2.45) is 0 Å². The molecule has 0 unspecified atom stereocenters. The summed E-state index contributed by atoms with van der Waals surface area (Å²) in [6, 6.07) is 6.79. The van der Waals surface area contributed by atoms with Crippen LogP contribution in [0.3, 0.4) is 0 Å². The van der Waals surface area contributed by atoms with E-state index in [2.05, 4.69) is 23.1 Å². The molecule has 0 saturated carbocycles. The second-order valence-electron chi connectivity index (χ2n) is 5.86. The van der Waals surface area contributed by atoms with Gasteiger partial charge >= 0.3 is 6.03 Å². The van der Waals surface area contributed by atoms with Gasteiger partial charge in [0.1, 0.15) is 0 Å². The Morgan fingerprint density at radius 2 is 1.86 bits per heavy atom. The van der Waals surface area contributed by atoms with Gasteiger partial charge in [0.25, 0.3) is 0 Å². The monoisotopic (exact) mass is 287 g/mol. The first-order valence-corrected chi connectivity index (χ1v) is 8.19. The number of urea groups is 1. The van der Waals surface area contributed by atoms with Gasteiger partial charge in [-0.2, -0.15) is 0 Å². The first kappa shape index (κ1) is 14.2. The van der Waals surface area contributed by atoms with Crippen molar-refractivity contribution in [2.75, 3.05) is 42.5 Å². The van der Waals surface area contributed by atoms with Gasteiger partial charge < -0.3 is 9.80 Å². The molecular formula is C17H25N3O. The fraction of sp³-hybridized carbons (Fsp3) is 0.588. The average Bonchev–Trinajstić information content (AvgIpc) is 3.17. The standard InChI is InChI=1S/C17H25N3O/c1-3-18(4-2)17(21)20-12-9-14-7-8-15(13-16(14)20)19-10-5-6-11-19/h7-8,13H,3-6,9-12H2,1-2H3. The Labute approximate surface area is 127 Å². The van der Waals surface area contributed by atoms with Gasteiger partial charge in [-0.05, 0) is 50.8 Å². The van der Waals surface area contributed by atoms with Crippen LogP contribution in [0.25, 0.3) is 0 Å². The highest BCUT2D eigenvalue weighted by Crippen LogP contribution is 2.33. The van der Waals surface area contributed by atoms with Crippen molar-refractivity contribution in [3.63, 3.8) is 0 Å². The molecule has 3 rings (SSSR count). The molecule has 0 atom stereocenters. The number of fused-ring (bicyclic) bond motifs is 1. The molecule has 21 heavy (non-hydrogen) atoms. The number of benzene rings is 1. The highest BCUT2D eigenvalue weighted by Gasteiger charge is 2.28. The van der Waals surface area contributed by atoms with Crippen LogP contribution < -0.4 is 9.80 Å². The molecule has 2 heterocycles. The Kier molecular flexibility index (Phi) is 4.04. The smallest absolute Gasteiger partial charge is 0.324 e. The van der Waals surface area contributed by atoms with Crippen molar-refractivity contribution in [2.45, 2.75) is 33.1 Å². The van der Waals surface area contributed by atoms with Crippen LogP contribution in [0.5, 0.6) is 0 Å². The lowest BCUT2D eigenvalue weighted by Gasteiger charge is -2.27. The van der Waals surface area contributed by atoms with E-state index in [1.54, 1.807) is 0 Å². The zero-order chi connectivity index (χ0) is 14.8. The van der Waals surface area contributed by atoms with Crippen LogP contribution in [0.1, 0.15) is 32.3 Å². The minimum atomic E-state index is 0.150. The number of amides is 2. The number of rotatable bonds is 3. The molecule has 0 bridgehead atoms. The number of hydrogen-bond donors (Lipinski definition) is 0. The van der Waals surface area contributed by atoms with E-state index in [1.807, 2.05) is 23.6 Å². The molecule has 2 aliphatic rings. The summed E-state index contributed by atoms with van der Waals surface area (Å²) < 4.78 is 0. The summed E-state index contributed by atoms with van der Waals surface area (Å²) in [5, 5.41) is 0. The van der Waals surface area contributed by atoms with Crippen molar-refractivity contribution in [3.05, 3.63) is 23.8 Å². The summed E-state index contributed by atoms with van der Waals surface area (Å²) in [6.07, 6.45) is 3.53. The predicted molar refractivity (Wildman–Crippen MR) is 87.3 cm³/mol. The quantitative estimate of drug-likeness (QED) is 0.854. The van der Waals surface area contributed by atoms with Gasteiger partial charge in [0.15, 0.2) is 0 Å². The van der Waals surface area contributed by atoms with E-state index < -0.39 is 0 Å². The van der Waals surface area contributed by atoms with Crippen LogP contribution in [-0.4, -0.2) is 43.7 Å². The Morgan fingerprint density at radius 1 is 1.14 bits per heavy atom. The number of carbonyl (C=O) groups excluding carboxylic acids is 1. The van der Waals surface area contributed by atoms with Crippen LogP contribution in [-0.2, 0) is 6.42 Å². The predicted octanol–water partition coefficient (Wildman–Crippen LogP) is 3.11. The van der Waals surface area contributed by atoms with Gasteiger partial charge in [0.05, 0.1) is 5.69 Å². The summed E-state index contributed by atoms with van der Waals surface area (Å²) in [4.78, 5) is 18.9. The Balaban J connectivity index is 1.86. The molecule has 0 N–H and O–H groups in total. The average molecular weight is 287 g/mol. The van der Waals surface area contributed by atoms with Crippen LogP contribution in [0, 0.1) is 0 Å². The van der Waals surface area contributed by atoms with E-state index in [4.69, 9.17) is 0 Å². The number of nitrogens with zero attached hydrogens (tertiary/aromatic N) is 3. The largest absolute Gasteiger partial charge is 0.371 e. The summed E-state index contributed by atoms with van der Waals surface area (Å²) in [7, 11) is 0. The van der Waals surface area contributed by atoms with Gasteiger partial charge in [-0.15, -0.1) is 0 Å². The van der Waals surface area contributed by atoms with E-state index in [9.17, 15) is 4.79 Å². The van der Waals surface area contributed by atoms with E-state index in [-0.39, 0.29) is 6.03 Å². The molecule has 0 spiro atoms. The maximum absolute atomic E-state index is 12.6. The third kappa shape index (κ3) is 2.59. The number of anilines is 2. The third-order valence-electron chi connectivity index (χ3n) is 4.70. The van der Waals surface area contributed by atoms with Crippen molar-refractivity contribution in [3.8, 4) is 0 Å². The van der Waals surface area contributed by atoms with Gasteiger partial charge in [0, 0.05) is 38.4 Å². The van der Waals surface area contributed by atoms with Gasteiger partial charge in [-0.25, -0.2) is 4.79 Å². The van der Waals surface area contributed by atoms with Gasteiger partial charge in [-0.1, -0.05) is 6.07 Å². The molecule has 4 nitrogen and oxygen atoms in total. The van der Waals surface area contributed by atoms with E-state index in [0.29, 0.717) is 0 Å². The number of hydrogen-bond acceptors (Lipinski definition) is 2. The molecule has 1 aromatic rings. The Bertz CT molecular complexity index is 519. The van der Waals surface area contributed by atoms with Crippen LogP contribution in [0.15, 0.2) is 18.2 Å². The molecule has 4 heteroatoms. The molecular weight excluding hydrogens is 262 g/mol. The second kappa shape index (κ2) is 5.96. The lowest BCUT2D eigenvalue weighted by Crippen LogP contribution is -2.42. The van der Waals surface area contributed by atoms with E-state index in [0.717, 1.165) is 44.8 Å². The molecule has 114 valence electrons.